The van der Waals surface area contributed by atoms with Crippen LogP contribution < -0.4 is 5.73 Å². The van der Waals surface area contributed by atoms with Gasteiger partial charge in [-0.2, -0.15) is 0 Å². The van der Waals surface area contributed by atoms with Gasteiger partial charge in [0.2, 0.25) is 0 Å². The molecule has 9 nitrogen and oxygen atoms in total. The van der Waals surface area contributed by atoms with Crippen LogP contribution in [0.5, 0.6) is 0 Å². The number of phosphoric ester groups is 1. The lowest BCUT2D eigenvalue weighted by Gasteiger charge is -2.19. The van der Waals surface area contributed by atoms with E-state index in [9.17, 15) is 19.0 Å². The van der Waals surface area contributed by atoms with Crippen LogP contribution in [0.2, 0.25) is 0 Å². The van der Waals surface area contributed by atoms with Gasteiger partial charge in [-0.1, -0.05) is 160 Å². The monoisotopic (exact) mass is 744 g/mol. The predicted molar refractivity (Wildman–Crippen MR) is 211 cm³/mol. The van der Waals surface area contributed by atoms with E-state index in [1.165, 1.54) is 103 Å². The number of hydrogen-bond acceptors (Lipinski definition) is 8. The van der Waals surface area contributed by atoms with Gasteiger partial charge in [-0.3, -0.25) is 18.6 Å². The molecule has 2 atom stereocenters. The molecule has 300 valence electrons. The zero-order valence-electron chi connectivity index (χ0n) is 32.8. The van der Waals surface area contributed by atoms with E-state index in [1.54, 1.807) is 0 Å². The summed E-state index contributed by atoms with van der Waals surface area (Å²) < 4.78 is 32.7. The molecule has 3 N–H and O–H groups in total. The number of esters is 2. The van der Waals surface area contributed by atoms with Crippen molar-refractivity contribution in [2.24, 2.45) is 5.73 Å². The topological polar surface area (TPSA) is 134 Å². The van der Waals surface area contributed by atoms with Crippen molar-refractivity contribution in [2.75, 3.05) is 26.4 Å². The quantitative estimate of drug-likeness (QED) is 0.0273. The van der Waals surface area contributed by atoms with Gasteiger partial charge in [0.15, 0.2) is 6.10 Å². The highest BCUT2D eigenvalue weighted by atomic mass is 31.2. The van der Waals surface area contributed by atoms with Gasteiger partial charge in [-0.05, 0) is 44.9 Å². The summed E-state index contributed by atoms with van der Waals surface area (Å²) in [6, 6.07) is 0. The number of ether oxygens (including phenoxy) is 2. The fourth-order valence-electron chi connectivity index (χ4n) is 5.72. The van der Waals surface area contributed by atoms with Crippen molar-refractivity contribution < 1.29 is 37.6 Å². The van der Waals surface area contributed by atoms with Crippen LogP contribution in [-0.4, -0.2) is 49.3 Å². The highest BCUT2D eigenvalue weighted by Gasteiger charge is 2.26. The smallest absolute Gasteiger partial charge is 0.462 e. The van der Waals surface area contributed by atoms with E-state index in [4.69, 9.17) is 24.3 Å². The van der Waals surface area contributed by atoms with Gasteiger partial charge in [0.05, 0.1) is 13.2 Å². The van der Waals surface area contributed by atoms with E-state index >= 15 is 0 Å². The molecule has 10 heteroatoms. The minimum Gasteiger partial charge on any atom is -0.462 e. The second kappa shape index (κ2) is 38.2. The van der Waals surface area contributed by atoms with Crippen molar-refractivity contribution in [1.29, 1.82) is 0 Å². The van der Waals surface area contributed by atoms with Crippen molar-refractivity contribution in [3.8, 4) is 0 Å². The molecule has 0 rings (SSSR count). The Labute approximate surface area is 312 Å². The summed E-state index contributed by atoms with van der Waals surface area (Å²) in [6.07, 6.45) is 39.1. The highest BCUT2D eigenvalue weighted by Crippen LogP contribution is 2.43. The van der Waals surface area contributed by atoms with Crippen molar-refractivity contribution in [1.82, 2.24) is 0 Å². The number of hydrogen-bond donors (Lipinski definition) is 2. The second-order valence-corrected chi connectivity index (χ2v) is 15.3. The Hall–Kier alpha value is -1.51. The van der Waals surface area contributed by atoms with Crippen LogP contribution in [-0.2, 0) is 32.7 Å². The summed E-state index contributed by atoms with van der Waals surface area (Å²) in [5.74, 6) is -0.839. The summed E-state index contributed by atoms with van der Waals surface area (Å²) in [5, 5.41) is 0. The van der Waals surface area contributed by atoms with Gasteiger partial charge < -0.3 is 20.1 Å². The maximum Gasteiger partial charge on any atom is 0.472 e. The summed E-state index contributed by atoms with van der Waals surface area (Å²) in [7, 11) is -4.37. The van der Waals surface area contributed by atoms with E-state index in [1.807, 2.05) is 0 Å². The number of rotatable bonds is 39. The molecule has 1 unspecified atom stereocenters. The van der Waals surface area contributed by atoms with Crippen molar-refractivity contribution in [3.63, 3.8) is 0 Å². The maximum absolute atomic E-state index is 12.5. The standard InChI is InChI=1S/C41H78NO8P/c1-3-5-7-9-11-13-15-17-19-21-23-25-27-29-31-33-40(43)47-37-39(38-49-51(45,46)48-36-35-42)50-41(44)34-32-30-28-26-24-22-20-18-16-14-12-10-8-6-4-2/h12,14,18,20,39H,3-11,13,15-17,19,21-38,42H2,1-2H3,(H,45,46)/b14-12-,20-18-/t39-/m1/s1. The lowest BCUT2D eigenvalue weighted by atomic mass is 10.0. The lowest BCUT2D eigenvalue weighted by Crippen LogP contribution is -2.29. The van der Waals surface area contributed by atoms with E-state index in [-0.39, 0.29) is 38.6 Å². The normalized spacial score (nSPS) is 13.6. The van der Waals surface area contributed by atoms with E-state index in [0.717, 1.165) is 57.8 Å². The van der Waals surface area contributed by atoms with Crippen molar-refractivity contribution in [3.05, 3.63) is 24.3 Å². The molecule has 0 aliphatic carbocycles. The number of phosphoric acid groups is 1. The average molecular weight is 744 g/mol. The summed E-state index contributed by atoms with van der Waals surface area (Å²) in [4.78, 5) is 34.8. The predicted octanol–water partition coefficient (Wildman–Crippen LogP) is 11.6. The number of unbranched alkanes of at least 4 members (excludes halogenated alkanes) is 22. The Bertz CT molecular complexity index is 897. The molecular formula is C41H78NO8P. The first kappa shape index (κ1) is 49.5. The zero-order chi connectivity index (χ0) is 37.5. The Morgan fingerprint density at radius 3 is 1.53 bits per heavy atom. The Balaban J connectivity index is 4.18. The lowest BCUT2D eigenvalue weighted by molar-refractivity contribution is -0.161. The van der Waals surface area contributed by atoms with Crippen LogP contribution >= 0.6 is 7.82 Å². The number of carbonyl (C=O) groups is 2. The van der Waals surface area contributed by atoms with Gasteiger partial charge in [0.25, 0.3) is 0 Å². The minimum absolute atomic E-state index is 0.0524. The summed E-state index contributed by atoms with van der Waals surface area (Å²) >= 11 is 0. The van der Waals surface area contributed by atoms with Crippen LogP contribution in [0.25, 0.3) is 0 Å². The molecule has 51 heavy (non-hydrogen) atoms. The molecule has 0 saturated heterocycles. The summed E-state index contributed by atoms with van der Waals surface area (Å²) in [5.41, 5.74) is 5.34. The molecule has 0 aromatic carbocycles. The molecule has 0 spiro atoms. The molecule has 0 saturated carbocycles. The fourth-order valence-corrected chi connectivity index (χ4v) is 6.49. The average Bonchev–Trinajstić information content (AvgIpc) is 3.11. The van der Waals surface area contributed by atoms with Crippen molar-refractivity contribution >= 4 is 19.8 Å². The molecule has 0 amide bonds. The van der Waals surface area contributed by atoms with Gasteiger partial charge >= 0.3 is 19.8 Å². The van der Waals surface area contributed by atoms with Crippen LogP contribution in [0.1, 0.15) is 194 Å². The Morgan fingerprint density at radius 2 is 1.02 bits per heavy atom. The van der Waals surface area contributed by atoms with Gasteiger partial charge in [-0.25, -0.2) is 4.57 Å². The SMILES string of the molecule is CCCCC/C=C\C/C=C\CCCCCCCC(=O)O[C@H](COC(=O)CCCCCCCCCCCCCCCCC)COP(=O)(O)OCCN. The molecule has 0 aromatic heterocycles. The molecule has 0 bridgehead atoms. The number of carbonyl (C=O) groups excluding carboxylic acids is 2. The molecule has 0 aromatic rings. The van der Waals surface area contributed by atoms with Gasteiger partial charge in [0.1, 0.15) is 6.61 Å². The molecular weight excluding hydrogens is 665 g/mol. The summed E-state index contributed by atoms with van der Waals surface area (Å²) in [6.45, 7) is 3.70. The van der Waals surface area contributed by atoms with E-state index < -0.39 is 26.5 Å². The highest BCUT2D eigenvalue weighted by molar-refractivity contribution is 7.47. The maximum atomic E-state index is 12.5. The third-order valence-electron chi connectivity index (χ3n) is 8.84. The zero-order valence-corrected chi connectivity index (χ0v) is 33.7. The van der Waals surface area contributed by atoms with Crippen LogP contribution in [0, 0.1) is 0 Å². The first-order valence-electron chi connectivity index (χ1n) is 20.8. The molecule has 0 radical (unpaired) electrons. The Morgan fingerprint density at radius 1 is 0.588 bits per heavy atom. The largest absolute Gasteiger partial charge is 0.472 e. The van der Waals surface area contributed by atoms with Crippen LogP contribution in [0.4, 0.5) is 0 Å². The van der Waals surface area contributed by atoms with Crippen LogP contribution in [0.3, 0.4) is 0 Å². The Kier molecular flexibility index (Phi) is 37.1. The van der Waals surface area contributed by atoms with Gasteiger partial charge in [0, 0.05) is 19.4 Å². The molecule has 0 aliphatic rings. The van der Waals surface area contributed by atoms with Crippen LogP contribution in [0.15, 0.2) is 24.3 Å². The number of nitrogens with two attached hydrogens (primary N) is 1. The third kappa shape index (κ3) is 38.0. The molecule has 0 aliphatic heterocycles. The van der Waals surface area contributed by atoms with E-state index in [2.05, 4.69) is 38.2 Å². The van der Waals surface area contributed by atoms with E-state index in [0.29, 0.717) is 6.42 Å². The second-order valence-electron chi connectivity index (χ2n) is 13.9. The first-order valence-corrected chi connectivity index (χ1v) is 22.3. The number of allylic oxidation sites excluding steroid dienone is 4. The molecule has 0 heterocycles. The fraction of sp³-hybridized carbons (Fsp3) is 0.854. The first-order chi connectivity index (χ1) is 24.8. The van der Waals surface area contributed by atoms with Gasteiger partial charge in [-0.15, -0.1) is 0 Å². The van der Waals surface area contributed by atoms with Crippen molar-refractivity contribution in [2.45, 2.75) is 200 Å². The third-order valence-corrected chi connectivity index (χ3v) is 9.82. The molecule has 0 fully saturated rings. The minimum atomic E-state index is -4.37.